The second-order valence-corrected chi connectivity index (χ2v) is 10.0. The Morgan fingerprint density at radius 2 is 1.94 bits per heavy atom. The first-order chi connectivity index (χ1) is 15.7. The van der Waals surface area contributed by atoms with Crippen LogP contribution in [0, 0.1) is 6.92 Å². The molecule has 2 fully saturated rings. The fraction of sp³-hybridized carbons (Fsp3) is 0.591. The second kappa shape index (κ2) is 7.89. The molecule has 5 heterocycles. The third-order valence-electron chi connectivity index (χ3n) is 6.22. The van der Waals surface area contributed by atoms with Crippen molar-refractivity contribution in [3.63, 3.8) is 0 Å². The molecule has 11 nitrogen and oxygen atoms in total. The highest BCUT2D eigenvalue weighted by molar-refractivity contribution is 5.89. The monoisotopic (exact) mass is 453 g/mol. The molecule has 0 aromatic carbocycles. The SMILES string of the molecule is Cc1cc(Nc2nc(NC3CC4CCC(C3)N4C(=O)OC(C)(C)C)nc3c2cnn3C)n[nH]1. The molecule has 2 bridgehead atoms. The molecular formula is C22H31N9O2. The summed E-state index contributed by atoms with van der Waals surface area (Å²) in [6, 6.07) is 2.43. The Balaban J connectivity index is 1.35. The van der Waals surface area contributed by atoms with Crippen molar-refractivity contribution >= 4 is 34.7 Å². The number of rotatable bonds is 4. The van der Waals surface area contributed by atoms with Crippen molar-refractivity contribution < 1.29 is 9.53 Å². The highest BCUT2D eigenvalue weighted by Gasteiger charge is 2.45. The Morgan fingerprint density at radius 3 is 2.58 bits per heavy atom. The average Bonchev–Trinajstić information content (AvgIpc) is 3.37. The summed E-state index contributed by atoms with van der Waals surface area (Å²) in [4.78, 5) is 24.1. The number of hydrogen-bond donors (Lipinski definition) is 3. The quantitative estimate of drug-likeness (QED) is 0.548. The number of fused-ring (bicyclic) bond motifs is 3. The second-order valence-electron chi connectivity index (χ2n) is 10.0. The normalized spacial score (nSPS) is 22.6. The third kappa shape index (κ3) is 4.31. The Hall–Kier alpha value is -3.37. The standard InChI is InChI=1S/C22H31N9O2/c1-12-8-17(29-28-12)25-18-16-11-23-30(5)19(16)27-20(26-18)24-13-9-14-6-7-15(10-13)31(14)21(32)33-22(2,3)4/h8,11,13-15H,6-7,9-10H2,1-5H3,(H3,24,25,26,27,28,29). The van der Waals surface area contributed by atoms with E-state index in [1.54, 1.807) is 10.9 Å². The van der Waals surface area contributed by atoms with Crippen LogP contribution in [-0.4, -0.2) is 64.7 Å². The number of carbonyl (C=O) groups is 1. The minimum Gasteiger partial charge on any atom is -0.444 e. The summed E-state index contributed by atoms with van der Waals surface area (Å²) < 4.78 is 7.39. The van der Waals surface area contributed by atoms with Gasteiger partial charge in [0, 0.05) is 36.9 Å². The summed E-state index contributed by atoms with van der Waals surface area (Å²) in [7, 11) is 1.86. The van der Waals surface area contributed by atoms with Gasteiger partial charge < -0.3 is 20.3 Å². The lowest BCUT2D eigenvalue weighted by atomic mass is 9.98. The lowest BCUT2D eigenvalue weighted by Gasteiger charge is -2.39. The van der Waals surface area contributed by atoms with Crippen LogP contribution < -0.4 is 10.6 Å². The molecule has 2 unspecified atom stereocenters. The van der Waals surface area contributed by atoms with Gasteiger partial charge >= 0.3 is 6.09 Å². The average molecular weight is 454 g/mol. The summed E-state index contributed by atoms with van der Waals surface area (Å²) in [6.07, 6.45) is 5.21. The molecule has 2 atom stereocenters. The molecule has 5 rings (SSSR count). The minimum absolute atomic E-state index is 0.168. The number of aromatic amines is 1. The van der Waals surface area contributed by atoms with Gasteiger partial charge in [-0.05, 0) is 53.4 Å². The van der Waals surface area contributed by atoms with Gasteiger partial charge in [0.25, 0.3) is 0 Å². The maximum atomic E-state index is 12.7. The number of carbonyl (C=O) groups excluding carboxylic acids is 1. The summed E-state index contributed by atoms with van der Waals surface area (Å²) in [5.41, 5.74) is 1.20. The van der Waals surface area contributed by atoms with Crippen LogP contribution in [0.2, 0.25) is 0 Å². The molecule has 0 aliphatic carbocycles. The molecule has 176 valence electrons. The van der Waals surface area contributed by atoms with Gasteiger partial charge in [0.15, 0.2) is 11.5 Å². The van der Waals surface area contributed by atoms with Gasteiger partial charge in [-0.3, -0.25) is 9.78 Å². The van der Waals surface area contributed by atoms with Gasteiger partial charge in [0.2, 0.25) is 5.95 Å². The number of hydrogen-bond acceptors (Lipinski definition) is 8. The smallest absolute Gasteiger partial charge is 0.410 e. The molecule has 1 amide bonds. The van der Waals surface area contributed by atoms with E-state index in [0.717, 1.165) is 42.4 Å². The molecule has 2 aliphatic heterocycles. The van der Waals surface area contributed by atoms with Crippen molar-refractivity contribution in [2.24, 2.45) is 7.05 Å². The van der Waals surface area contributed by atoms with E-state index in [0.29, 0.717) is 17.6 Å². The Kier molecular flexibility index (Phi) is 5.13. The summed E-state index contributed by atoms with van der Waals surface area (Å²) >= 11 is 0. The molecule has 33 heavy (non-hydrogen) atoms. The van der Waals surface area contributed by atoms with Crippen LogP contribution in [0.15, 0.2) is 12.3 Å². The lowest BCUT2D eigenvalue weighted by molar-refractivity contribution is 0.00682. The summed E-state index contributed by atoms with van der Waals surface area (Å²) in [5, 5.41) is 19.1. The van der Waals surface area contributed by atoms with E-state index in [9.17, 15) is 4.79 Å². The molecule has 11 heteroatoms. The molecule has 3 N–H and O–H groups in total. The number of ether oxygens (including phenoxy) is 1. The fourth-order valence-corrected chi connectivity index (χ4v) is 4.88. The van der Waals surface area contributed by atoms with E-state index < -0.39 is 5.60 Å². The lowest BCUT2D eigenvalue weighted by Crippen LogP contribution is -2.51. The first-order valence-corrected chi connectivity index (χ1v) is 11.4. The molecule has 2 aliphatic rings. The molecule has 0 saturated carbocycles. The number of H-pyrrole nitrogens is 1. The van der Waals surface area contributed by atoms with Crippen LogP contribution in [-0.2, 0) is 11.8 Å². The number of anilines is 3. The number of nitrogens with zero attached hydrogens (tertiary/aromatic N) is 6. The summed E-state index contributed by atoms with van der Waals surface area (Å²) in [5.74, 6) is 1.87. The third-order valence-corrected chi connectivity index (χ3v) is 6.22. The Bertz CT molecular complexity index is 1160. The Morgan fingerprint density at radius 1 is 1.21 bits per heavy atom. The van der Waals surface area contributed by atoms with Crippen molar-refractivity contribution in [3.8, 4) is 0 Å². The van der Waals surface area contributed by atoms with Crippen molar-refractivity contribution in [3.05, 3.63) is 18.0 Å². The highest BCUT2D eigenvalue weighted by Crippen LogP contribution is 2.38. The topological polar surface area (TPSA) is 126 Å². The maximum Gasteiger partial charge on any atom is 0.410 e. The zero-order valence-corrected chi connectivity index (χ0v) is 19.7. The van der Waals surface area contributed by atoms with Gasteiger partial charge in [-0.15, -0.1) is 0 Å². The van der Waals surface area contributed by atoms with Gasteiger partial charge in [-0.25, -0.2) is 4.79 Å². The maximum absolute atomic E-state index is 12.7. The highest BCUT2D eigenvalue weighted by atomic mass is 16.6. The number of aryl methyl sites for hydroxylation is 2. The summed E-state index contributed by atoms with van der Waals surface area (Å²) in [6.45, 7) is 7.66. The predicted molar refractivity (Wildman–Crippen MR) is 124 cm³/mol. The van der Waals surface area contributed by atoms with Gasteiger partial charge in [-0.1, -0.05) is 0 Å². The first-order valence-electron chi connectivity index (χ1n) is 11.4. The molecule has 2 saturated heterocycles. The molecule has 3 aromatic heterocycles. The van der Waals surface area contributed by atoms with Crippen LogP contribution in [0.4, 0.5) is 22.4 Å². The van der Waals surface area contributed by atoms with Gasteiger partial charge in [-0.2, -0.15) is 20.2 Å². The fourth-order valence-electron chi connectivity index (χ4n) is 4.88. The van der Waals surface area contributed by atoms with E-state index in [-0.39, 0.29) is 24.2 Å². The number of aromatic nitrogens is 6. The van der Waals surface area contributed by atoms with E-state index >= 15 is 0 Å². The van der Waals surface area contributed by atoms with E-state index in [2.05, 4.69) is 25.9 Å². The first kappa shape index (κ1) is 21.5. The number of amides is 1. The van der Waals surface area contributed by atoms with Gasteiger partial charge in [0.1, 0.15) is 11.4 Å². The van der Waals surface area contributed by atoms with Crippen LogP contribution in [0.5, 0.6) is 0 Å². The molecule has 0 radical (unpaired) electrons. The van der Waals surface area contributed by atoms with Crippen molar-refractivity contribution in [2.75, 3.05) is 10.6 Å². The minimum atomic E-state index is -0.492. The van der Waals surface area contributed by atoms with Crippen molar-refractivity contribution in [1.82, 2.24) is 34.8 Å². The van der Waals surface area contributed by atoms with Crippen LogP contribution in [0.25, 0.3) is 11.0 Å². The zero-order valence-electron chi connectivity index (χ0n) is 19.7. The van der Waals surface area contributed by atoms with Crippen LogP contribution in [0.1, 0.15) is 52.1 Å². The molecule has 0 spiro atoms. The van der Waals surface area contributed by atoms with Crippen LogP contribution >= 0.6 is 0 Å². The van der Waals surface area contributed by atoms with Crippen molar-refractivity contribution in [1.29, 1.82) is 0 Å². The van der Waals surface area contributed by atoms with E-state index in [1.165, 1.54) is 0 Å². The van der Waals surface area contributed by atoms with E-state index in [4.69, 9.17) is 14.7 Å². The Labute approximate surface area is 192 Å². The number of piperidine rings is 1. The zero-order chi connectivity index (χ0) is 23.3. The van der Waals surface area contributed by atoms with Gasteiger partial charge in [0.05, 0.1) is 11.6 Å². The molecular weight excluding hydrogens is 422 g/mol. The predicted octanol–water partition coefficient (Wildman–Crippen LogP) is 3.48. The van der Waals surface area contributed by atoms with Crippen molar-refractivity contribution in [2.45, 2.75) is 77.1 Å². The molecule has 3 aromatic rings. The largest absolute Gasteiger partial charge is 0.444 e. The van der Waals surface area contributed by atoms with Crippen LogP contribution in [0.3, 0.4) is 0 Å². The van der Waals surface area contributed by atoms with E-state index in [1.807, 2.05) is 45.7 Å². The number of nitrogens with one attached hydrogen (secondary N) is 3.